The average Bonchev–Trinajstić information content (AvgIpc) is 2.58. The topological polar surface area (TPSA) is 16.1 Å². The standard InChI is InChI=1S/C15H24N2.2C2H6/c1-12-6-8-15(9-7-12)17(3)13(2)14-5-4-10-16-11-14;2*1-2/h4-5,10-13,15H,6-9H2,1-3H3;2*1-2H3. The summed E-state index contributed by atoms with van der Waals surface area (Å²) in [7, 11) is 2.26. The molecule has 1 fully saturated rings. The van der Waals surface area contributed by atoms with Gasteiger partial charge in [-0.25, -0.2) is 0 Å². The van der Waals surface area contributed by atoms with Crippen molar-refractivity contribution in [2.75, 3.05) is 7.05 Å². The van der Waals surface area contributed by atoms with E-state index >= 15 is 0 Å². The Kier molecular flexibility index (Phi) is 11.2. The van der Waals surface area contributed by atoms with Crippen molar-refractivity contribution in [2.24, 2.45) is 5.92 Å². The molecule has 0 radical (unpaired) electrons. The SMILES string of the molecule is CC.CC.CC1CCC(N(C)C(C)c2cccnc2)CC1. The summed E-state index contributed by atoms with van der Waals surface area (Å²) in [5, 5.41) is 0. The Morgan fingerprint density at radius 2 is 1.67 bits per heavy atom. The molecule has 0 amide bonds. The van der Waals surface area contributed by atoms with Crippen LogP contribution in [-0.2, 0) is 0 Å². The van der Waals surface area contributed by atoms with Gasteiger partial charge < -0.3 is 0 Å². The second kappa shape index (κ2) is 11.7. The van der Waals surface area contributed by atoms with Crippen molar-refractivity contribution in [1.29, 1.82) is 0 Å². The Bertz CT molecular complexity index is 329. The smallest absolute Gasteiger partial charge is 0.0335 e. The molecule has 21 heavy (non-hydrogen) atoms. The molecular formula is C19H36N2. The van der Waals surface area contributed by atoms with Crippen molar-refractivity contribution in [3.05, 3.63) is 30.1 Å². The fourth-order valence-corrected chi connectivity index (χ4v) is 2.82. The lowest BCUT2D eigenvalue weighted by Gasteiger charge is -2.37. The van der Waals surface area contributed by atoms with Crippen molar-refractivity contribution in [3.8, 4) is 0 Å². The molecule has 0 N–H and O–H groups in total. The highest BCUT2D eigenvalue weighted by molar-refractivity contribution is 5.13. The third-order valence-corrected chi connectivity index (χ3v) is 4.34. The number of hydrogen-bond donors (Lipinski definition) is 0. The molecule has 1 heterocycles. The second-order valence-corrected chi connectivity index (χ2v) is 5.54. The van der Waals surface area contributed by atoms with Gasteiger partial charge in [0.1, 0.15) is 0 Å². The molecule has 1 aromatic heterocycles. The molecule has 1 atom stereocenters. The van der Waals surface area contributed by atoms with E-state index in [0.29, 0.717) is 6.04 Å². The zero-order valence-electron chi connectivity index (χ0n) is 15.3. The third-order valence-electron chi connectivity index (χ3n) is 4.34. The second-order valence-electron chi connectivity index (χ2n) is 5.54. The highest BCUT2D eigenvalue weighted by Crippen LogP contribution is 2.30. The Morgan fingerprint density at radius 3 is 2.14 bits per heavy atom. The molecule has 2 nitrogen and oxygen atoms in total. The molecule has 0 aromatic carbocycles. The van der Waals surface area contributed by atoms with Gasteiger partial charge in [0, 0.05) is 24.5 Å². The number of pyridine rings is 1. The molecule has 1 aliphatic carbocycles. The molecule has 0 aliphatic heterocycles. The minimum absolute atomic E-state index is 0.474. The van der Waals surface area contributed by atoms with Crippen LogP contribution in [0.1, 0.15) is 78.8 Å². The lowest BCUT2D eigenvalue weighted by atomic mass is 9.86. The Morgan fingerprint density at radius 1 is 1.10 bits per heavy atom. The van der Waals surface area contributed by atoms with Gasteiger partial charge in [-0.05, 0) is 57.2 Å². The van der Waals surface area contributed by atoms with Crippen LogP contribution in [0.15, 0.2) is 24.5 Å². The molecule has 122 valence electrons. The number of rotatable bonds is 3. The van der Waals surface area contributed by atoms with Crippen LogP contribution in [0.5, 0.6) is 0 Å². The lowest BCUT2D eigenvalue weighted by Crippen LogP contribution is -2.36. The number of hydrogen-bond acceptors (Lipinski definition) is 2. The maximum absolute atomic E-state index is 4.22. The van der Waals surface area contributed by atoms with Gasteiger partial charge in [0.25, 0.3) is 0 Å². The summed E-state index contributed by atoms with van der Waals surface area (Å²) in [6.07, 6.45) is 9.30. The van der Waals surface area contributed by atoms with Crippen LogP contribution in [0.4, 0.5) is 0 Å². The van der Waals surface area contributed by atoms with Crippen LogP contribution < -0.4 is 0 Å². The Hall–Kier alpha value is -0.890. The van der Waals surface area contributed by atoms with Gasteiger partial charge in [-0.15, -0.1) is 0 Å². The predicted octanol–water partition coefficient (Wildman–Crippen LogP) is 5.71. The van der Waals surface area contributed by atoms with Crippen LogP contribution in [0.3, 0.4) is 0 Å². The molecule has 1 aromatic rings. The highest BCUT2D eigenvalue weighted by atomic mass is 15.2. The summed E-state index contributed by atoms with van der Waals surface area (Å²) in [6, 6.07) is 5.44. The first-order valence-corrected chi connectivity index (χ1v) is 8.80. The maximum Gasteiger partial charge on any atom is 0.0335 e. The normalized spacial score (nSPS) is 22.5. The average molecular weight is 293 g/mol. The van der Waals surface area contributed by atoms with E-state index in [1.807, 2.05) is 46.2 Å². The van der Waals surface area contributed by atoms with Crippen LogP contribution in [-0.4, -0.2) is 23.0 Å². The van der Waals surface area contributed by atoms with Gasteiger partial charge in [-0.3, -0.25) is 9.88 Å². The van der Waals surface area contributed by atoms with E-state index in [1.54, 1.807) is 0 Å². The summed E-state index contributed by atoms with van der Waals surface area (Å²) < 4.78 is 0. The van der Waals surface area contributed by atoms with Crippen molar-refractivity contribution >= 4 is 0 Å². The minimum atomic E-state index is 0.474. The fraction of sp³-hybridized carbons (Fsp3) is 0.737. The molecule has 1 aliphatic rings. The van der Waals surface area contributed by atoms with Gasteiger partial charge >= 0.3 is 0 Å². The molecule has 2 heteroatoms. The van der Waals surface area contributed by atoms with E-state index in [0.717, 1.165) is 12.0 Å². The summed E-state index contributed by atoms with van der Waals surface area (Å²) in [4.78, 5) is 6.75. The lowest BCUT2D eigenvalue weighted by molar-refractivity contribution is 0.131. The van der Waals surface area contributed by atoms with Crippen molar-refractivity contribution in [1.82, 2.24) is 9.88 Å². The molecule has 0 saturated heterocycles. The predicted molar refractivity (Wildman–Crippen MR) is 94.5 cm³/mol. The first kappa shape index (κ1) is 20.1. The van der Waals surface area contributed by atoms with Crippen molar-refractivity contribution in [2.45, 2.75) is 79.3 Å². The van der Waals surface area contributed by atoms with Gasteiger partial charge in [-0.2, -0.15) is 0 Å². The Balaban J connectivity index is 0.000000921. The number of aromatic nitrogens is 1. The van der Waals surface area contributed by atoms with E-state index in [9.17, 15) is 0 Å². The summed E-state index contributed by atoms with van der Waals surface area (Å²) in [6.45, 7) is 12.7. The quantitative estimate of drug-likeness (QED) is 0.709. The van der Waals surface area contributed by atoms with Crippen molar-refractivity contribution < 1.29 is 0 Å². The molecule has 0 bridgehead atoms. The van der Waals surface area contributed by atoms with E-state index in [1.165, 1.54) is 31.2 Å². The minimum Gasteiger partial charge on any atom is -0.297 e. The summed E-state index contributed by atoms with van der Waals surface area (Å²) in [5.74, 6) is 0.924. The molecule has 2 rings (SSSR count). The maximum atomic E-state index is 4.22. The number of nitrogens with zero attached hydrogens (tertiary/aromatic N) is 2. The van der Waals surface area contributed by atoms with Crippen LogP contribution in [0, 0.1) is 5.92 Å². The van der Waals surface area contributed by atoms with E-state index in [-0.39, 0.29) is 0 Å². The van der Waals surface area contributed by atoms with Crippen LogP contribution in [0.25, 0.3) is 0 Å². The molecule has 0 spiro atoms. The zero-order chi connectivity index (χ0) is 16.3. The zero-order valence-corrected chi connectivity index (χ0v) is 15.3. The first-order valence-electron chi connectivity index (χ1n) is 8.80. The summed E-state index contributed by atoms with van der Waals surface area (Å²) in [5.41, 5.74) is 1.33. The monoisotopic (exact) mass is 292 g/mol. The van der Waals surface area contributed by atoms with Gasteiger partial charge in [-0.1, -0.05) is 40.7 Å². The Labute approximate surface area is 133 Å². The molecular weight excluding hydrogens is 256 g/mol. The van der Waals surface area contributed by atoms with Crippen molar-refractivity contribution in [3.63, 3.8) is 0 Å². The molecule has 1 saturated carbocycles. The van der Waals surface area contributed by atoms with Crippen LogP contribution >= 0.6 is 0 Å². The first-order chi connectivity index (χ1) is 10.2. The van der Waals surface area contributed by atoms with E-state index in [4.69, 9.17) is 0 Å². The van der Waals surface area contributed by atoms with E-state index in [2.05, 4.69) is 36.8 Å². The van der Waals surface area contributed by atoms with Gasteiger partial charge in [0.05, 0.1) is 0 Å². The largest absolute Gasteiger partial charge is 0.297 e. The van der Waals surface area contributed by atoms with E-state index < -0.39 is 0 Å². The molecule has 1 unspecified atom stereocenters. The third kappa shape index (κ3) is 6.60. The fourth-order valence-electron chi connectivity index (χ4n) is 2.82. The summed E-state index contributed by atoms with van der Waals surface area (Å²) >= 11 is 0. The van der Waals surface area contributed by atoms with Crippen LogP contribution in [0.2, 0.25) is 0 Å². The van der Waals surface area contributed by atoms with Gasteiger partial charge in [0.2, 0.25) is 0 Å². The highest BCUT2D eigenvalue weighted by Gasteiger charge is 2.25. The van der Waals surface area contributed by atoms with Gasteiger partial charge in [0.15, 0.2) is 0 Å².